The van der Waals surface area contributed by atoms with Gasteiger partial charge in [-0.25, -0.2) is 0 Å². The second-order valence-corrected chi connectivity index (χ2v) is 4.98. The number of hydrogen-bond donors (Lipinski definition) is 0. The van der Waals surface area contributed by atoms with E-state index in [1.165, 1.54) is 0 Å². The van der Waals surface area contributed by atoms with Crippen molar-refractivity contribution >= 4 is 17.5 Å². The minimum absolute atomic E-state index is 0.112. The quantitative estimate of drug-likeness (QED) is 0.834. The SMILES string of the molecule is CN(Cc1ccc(Cl)cc1)C(=O)Cc1ccccc1. The van der Waals surface area contributed by atoms with Crippen LogP contribution < -0.4 is 0 Å². The van der Waals surface area contributed by atoms with E-state index in [1.54, 1.807) is 4.90 Å². The van der Waals surface area contributed by atoms with E-state index < -0.39 is 0 Å². The van der Waals surface area contributed by atoms with E-state index >= 15 is 0 Å². The summed E-state index contributed by atoms with van der Waals surface area (Å²) in [5.74, 6) is 0.112. The van der Waals surface area contributed by atoms with Crippen molar-refractivity contribution in [2.75, 3.05) is 7.05 Å². The highest BCUT2D eigenvalue weighted by Gasteiger charge is 2.09. The van der Waals surface area contributed by atoms with Crippen LogP contribution in [-0.4, -0.2) is 17.9 Å². The molecule has 0 fully saturated rings. The molecule has 0 heterocycles. The molecule has 0 saturated heterocycles. The van der Waals surface area contributed by atoms with E-state index in [1.807, 2.05) is 61.6 Å². The molecule has 0 aliphatic heterocycles. The van der Waals surface area contributed by atoms with Gasteiger partial charge in [0.05, 0.1) is 6.42 Å². The highest BCUT2D eigenvalue weighted by Crippen LogP contribution is 2.11. The Morgan fingerprint density at radius 3 is 2.26 bits per heavy atom. The number of rotatable bonds is 4. The van der Waals surface area contributed by atoms with Gasteiger partial charge in [-0.05, 0) is 23.3 Å². The molecule has 19 heavy (non-hydrogen) atoms. The Morgan fingerprint density at radius 1 is 1.00 bits per heavy atom. The molecule has 2 aromatic rings. The molecule has 2 nitrogen and oxygen atoms in total. The minimum Gasteiger partial charge on any atom is -0.341 e. The summed E-state index contributed by atoms with van der Waals surface area (Å²) in [4.78, 5) is 13.8. The van der Waals surface area contributed by atoms with Gasteiger partial charge in [-0.2, -0.15) is 0 Å². The lowest BCUT2D eigenvalue weighted by atomic mass is 10.1. The van der Waals surface area contributed by atoms with Gasteiger partial charge in [0.2, 0.25) is 5.91 Å². The van der Waals surface area contributed by atoms with Crippen LogP contribution in [0.1, 0.15) is 11.1 Å². The zero-order chi connectivity index (χ0) is 13.7. The van der Waals surface area contributed by atoms with Crippen molar-refractivity contribution in [3.8, 4) is 0 Å². The standard InChI is InChI=1S/C16H16ClNO/c1-18(12-14-7-9-15(17)10-8-14)16(19)11-13-5-3-2-4-6-13/h2-10H,11-12H2,1H3. The first-order valence-corrected chi connectivity index (χ1v) is 6.55. The number of likely N-dealkylation sites (N-methyl/N-ethyl adjacent to an activating group) is 1. The maximum Gasteiger partial charge on any atom is 0.227 e. The summed E-state index contributed by atoms with van der Waals surface area (Å²) < 4.78 is 0. The molecule has 98 valence electrons. The normalized spacial score (nSPS) is 10.2. The van der Waals surface area contributed by atoms with Gasteiger partial charge in [-0.15, -0.1) is 0 Å². The fourth-order valence-electron chi connectivity index (χ4n) is 1.86. The number of benzene rings is 2. The summed E-state index contributed by atoms with van der Waals surface area (Å²) in [6, 6.07) is 17.3. The van der Waals surface area contributed by atoms with E-state index in [0.29, 0.717) is 18.0 Å². The van der Waals surface area contributed by atoms with Crippen molar-refractivity contribution < 1.29 is 4.79 Å². The molecule has 2 rings (SSSR count). The lowest BCUT2D eigenvalue weighted by molar-refractivity contribution is -0.129. The number of hydrogen-bond acceptors (Lipinski definition) is 1. The molecule has 0 aliphatic rings. The Hall–Kier alpha value is -1.80. The second kappa shape index (κ2) is 6.39. The minimum atomic E-state index is 0.112. The van der Waals surface area contributed by atoms with Crippen molar-refractivity contribution in [3.63, 3.8) is 0 Å². The number of carbonyl (C=O) groups excluding carboxylic acids is 1. The van der Waals surface area contributed by atoms with Crippen LogP contribution >= 0.6 is 11.6 Å². The van der Waals surface area contributed by atoms with Crippen LogP contribution in [0.5, 0.6) is 0 Å². The fourth-order valence-corrected chi connectivity index (χ4v) is 1.98. The van der Waals surface area contributed by atoms with E-state index in [-0.39, 0.29) is 5.91 Å². The van der Waals surface area contributed by atoms with Gasteiger partial charge in [0.25, 0.3) is 0 Å². The molecule has 0 radical (unpaired) electrons. The second-order valence-electron chi connectivity index (χ2n) is 4.54. The van der Waals surface area contributed by atoms with Crippen LogP contribution in [0.25, 0.3) is 0 Å². The molecular weight excluding hydrogens is 258 g/mol. The number of halogens is 1. The van der Waals surface area contributed by atoms with Gasteiger partial charge in [0, 0.05) is 18.6 Å². The first-order chi connectivity index (χ1) is 9.15. The monoisotopic (exact) mass is 273 g/mol. The topological polar surface area (TPSA) is 20.3 Å². The maximum absolute atomic E-state index is 12.1. The van der Waals surface area contributed by atoms with Crippen LogP contribution in [-0.2, 0) is 17.8 Å². The van der Waals surface area contributed by atoms with Gasteiger partial charge < -0.3 is 4.90 Å². The smallest absolute Gasteiger partial charge is 0.227 e. The summed E-state index contributed by atoms with van der Waals surface area (Å²) in [6.07, 6.45) is 0.435. The van der Waals surface area contributed by atoms with Gasteiger partial charge in [0.15, 0.2) is 0 Å². The van der Waals surface area contributed by atoms with E-state index in [4.69, 9.17) is 11.6 Å². The molecule has 3 heteroatoms. The zero-order valence-electron chi connectivity index (χ0n) is 10.8. The predicted octanol–water partition coefficient (Wildman–Crippen LogP) is 3.54. The van der Waals surface area contributed by atoms with Gasteiger partial charge in [-0.3, -0.25) is 4.79 Å². The molecular formula is C16H16ClNO. The Kier molecular flexibility index (Phi) is 4.58. The first kappa shape index (κ1) is 13.6. The summed E-state index contributed by atoms with van der Waals surface area (Å²) in [6.45, 7) is 0.600. The molecule has 2 aromatic carbocycles. The Morgan fingerprint density at radius 2 is 1.63 bits per heavy atom. The highest BCUT2D eigenvalue weighted by atomic mass is 35.5. The number of amides is 1. The molecule has 0 spiro atoms. The van der Waals surface area contributed by atoms with Crippen molar-refractivity contribution in [3.05, 3.63) is 70.7 Å². The van der Waals surface area contributed by atoms with Crippen LogP contribution in [0.4, 0.5) is 0 Å². The lowest BCUT2D eigenvalue weighted by Gasteiger charge is -2.17. The van der Waals surface area contributed by atoms with E-state index in [2.05, 4.69) is 0 Å². The molecule has 0 bridgehead atoms. The van der Waals surface area contributed by atoms with E-state index in [9.17, 15) is 4.79 Å². The summed E-state index contributed by atoms with van der Waals surface area (Å²) in [5, 5.41) is 0.710. The fraction of sp³-hybridized carbons (Fsp3) is 0.188. The third kappa shape index (κ3) is 4.11. The van der Waals surface area contributed by atoms with Crippen LogP contribution in [0.2, 0.25) is 5.02 Å². The molecule has 0 aromatic heterocycles. The molecule has 0 aliphatic carbocycles. The summed E-state index contributed by atoms with van der Waals surface area (Å²) >= 11 is 5.84. The van der Waals surface area contributed by atoms with E-state index in [0.717, 1.165) is 11.1 Å². The van der Waals surface area contributed by atoms with Crippen molar-refractivity contribution in [2.24, 2.45) is 0 Å². The van der Waals surface area contributed by atoms with Crippen LogP contribution in [0.3, 0.4) is 0 Å². The Labute approximate surface area is 118 Å². The summed E-state index contributed by atoms with van der Waals surface area (Å²) in [7, 11) is 1.82. The van der Waals surface area contributed by atoms with Crippen molar-refractivity contribution in [1.82, 2.24) is 4.90 Å². The highest BCUT2D eigenvalue weighted by molar-refractivity contribution is 6.30. The first-order valence-electron chi connectivity index (χ1n) is 6.17. The van der Waals surface area contributed by atoms with Crippen LogP contribution in [0, 0.1) is 0 Å². The van der Waals surface area contributed by atoms with Gasteiger partial charge in [-0.1, -0.05) is 54.1 Å². The van der Waals surface area contributed by atoms with Gasteiger partial charge >= 0.3 is 0 Å². The largest absolute Gasteiger partial charge is 0.341 e. The van der Waals surface area contributed by atoms with Gasteiger partial charge in [0.1, 0.15) is 0 Å². The van der Waals surface area contributed by atoms with Crippen LogP contribution in [0.15, 0.2) is 54.6 Å². The average Bonchev–Trinajstić information content (AvgIpc) is 2.42. The van der Waals surface area contributed by atoms with Crippen molar-refractivity contribution in [2.45, 2.75) is 13.0 Å². The molecule has 0 unspecified atom stereocenters. The lowest BCUT2D eigenvalue weighted by Crippen LogP contribution is -2.27. The number of carbonyl (C=O) groups is 1. The average molecular weight is 274 g/mol. The number of nitrogens with zero attached hydrogens (tertiary/aromatic N) is 1. The molecule has 0 atom stereocenters. The Balaban J connectivity index is 1.94. The zero-order valence-corrected chi connectivity index (χ0v) is 11.6. The predicted molar refractivity (Wildman–Crippen MR) is 78.1 cm³/mol. The Bertz CT molecular complexity index is 536. The maximum atomic E-state index is 12.1. The molecule has 0 saturated carbocycles. The van der Waals surface area contributed by atoms with Crippen molar-refractivity contribution in [1.29, 1.82) is 0 Å². The molecule has 1 amide bonds. The summed E-state index contributed by atoms with van der Waals surface area (Å²) in [5.41, 5.74) is 2.11. The third-order valence-corrected chi connectivity index (χ3v) is 3.21. The third-order valence-electron chi connectivity index (χ3n) is 2.96. The molecule has 0 N–H and O–H groups in total.